The first-order chi connectivity index (χ1) is 11.1. The van der Waals surface area contributed by atoms with E-state index in [-0.39, 0.29) is 12.4 Å². The van der Waals surface area contributed by atoms with Crippen molar-refractivity contribution in [3.8, 4) is 0 Å². The lowest BCUT2D eigenvalue weighted by Gasteiger charge is -2.07. The lowest BCUT2D eigenvalue weighted by molar-refractivity contribution is -0.138. The normalized spacial score (nSPS) is 16.7. The fraction of sp³-hybridized carbons (Fsp3) is 0.824. The van der Waals surface area contributed by atoms with Crippen LogP contribution in [0.25, 0.3) is 0 Å². The molecular formula is C17H30N2O4. The highest BCUT2D eigenvalue weighted by Gasteiger charge is 2.28. The smallest absolute Gasteiger partial charge is 0.373 e. The van der Waals surface area contributed by atoms with Gasteiger partial charge in [0.2, 0.25) is 5.84 Å². The van der Waals surface area contributed by atoms with Crippen LogP contribution in [-0.2, 0) is 14.3 Å². The Bertz CT molecular complexity index is 396. The molecule has 0 aliphatic carbocycles. The average Bonchev–Trinajstić information content (AvgIpc) is 3.02. The van der Waals surface area contributed by atoms with Crippen molar-refractivity contribution in [1.29, 1.82) is 0 Å². The van der Waals surface area contributed by atoms with Crippen molar-refractivity contribution in [3.63, 3.8) is 0 Å². The Balaban J connectivity index is 1.91. The molecule has 0 aromatic rings. The number of carboxylic acid groups (broad SMARTS) is 1. The highest BCUT2D eigenvalue weighted by atomic mass is 16.5. The van der Waals surface area contributed by atoms with Gasteiger partial charge in [0.25, 0.3) is 0 Å². The Labute approximate surface area is 138 Å². The Kier molecular flexibility index (Phi) is 10.1. The maximum absolute atomic E-state index is 11.7. The van der Waals surface area contributed by atoms with E-state index in [0.29, 0.717) is 6.61 Å². The van der Waals surface area contributed by atoms with Crippen molar-refractivity contribution >= 4 is 17.8 Å². The van der Waals surface area contributed by atoms with E-state index in [1.165, 1.54) is 51.4 Å². The number of esters is 1. The lowest BCUT2D eigenvalue weighted by atomic mass is 10.1. The molecule has 0 spiro atoms. The van der Waals surface area contributed by atoms with E-state index in [1.807, 2.05) is 0 Å². The summed E-state index contributed by atoms with van der Waals surface area (Å²) in [5.74, 6) is -1.53. The number of ether oxygens (including phenoxy) is 1. The summed E-state index contributed by atoms with van der Waals surface area (Å²) in [6.07, 6.45) is 12.3. The van der Waals surface area contributed by atoms with Crippen molar-refractivity contribution in [2.45, 2.75) is 77.2 Å². The molecule has 1 aliphatic heterocycles. The molecule has 0 saturated carbocycles. The van der Waals surface area contributed by atoms with Crippen LogP contribution in [0.5, 0.6) is 0 Å². The quantitative estimate of drug-likeness (QED) is 0.401. The fourth-order valence-corrected chi connectivity index (χ4v) is 2.52. The van der Waals surface area contributed by atoms with E-state index in [9.17, 15) is 9.59 Å². The molecule has 1 heterocycles. The SMILES string of the molecule is CCCCCCCCCCCCOC(=O)C1=NCC(C(=O)O)N1. The summed E-state index contributed by atoms with van der Waals surface area (Å²) in [7, 11) is 0. The van der Waals surface area contributed by atoms with Crippen molar-refractivity contribution < 1.29 is 19.4 Å². The van der Waals surface area contributed by atoms with E-state index in [0.717, 1.165) is 12.8 Å². The van der Waals surface area contributed by atoms with Gasteiger partial charge in [-0.1, -0.05) is 64.7 Å². The number of carboxylic acids is 1. The van der Waals surface area contributed by atoms with E-state index in [4.69, 9.17) is 9.84 Å². The van der Waals surface area contributed by atoms with Crippen LogP contribution in [0.2, 0.25) is 0 Å². The minimum absolute atomic E-state index is 0.0319. The van der Waals surface area contributed by atoms with Gasteiger partial charge in [-0.15, -0.1) is 0 Å². The molecule has 0 aromatic carbocycles. The molecule has 0 radical (unpaired) electrons. The van der Waals surface area contributed by atoms with Crippen LogP contribution in [0.15, 0.2) is 4.99 Å². The van der Waals surface area contributed by atoms with E-state index < -0.39 is 18.0 Å². The number of amidine groups is 1. The van der Waals surface area contributed by atoms with Gasteiger partial charge in [-0.2, -0.15) is 0 Å². The van der Waals surface area contributed by atoms with E-state index >= 15 is 0 Å². The first kappa shape index (κ1) is 19.5. The number of carbonyl (C=O) groups is 2. The fourth-order valence-electron chi connectivity index (χ4n) is 2.52. The molecule has 2 N–H and O–H groups in total. The van der Waals surface area contributed by atoms with Gasteiger partial charge in [0.15, 0.2) is 0 Å². The molecule has 0 amide bonds. The second-order valence-corrected chi connectivity index (χ2v) is 6.04. The summed E-state index contributed by atoms with van der Waals surface area (Å²) in [6, 6.07) is -0.810. The van der Waals surface area contributed by atoms with Crippen LogP contribution >= 0.6 is 0 Å². The summed E-state index contributed by atoms with van der Waals surface area (Å²) >= 11 is 0. The van der Waals surface area contributed by atoms with Crippen LogP contribution in [0, 0.1) is 0 Å². The van der Waals surface area contributed by atoms with Gasteiger partial charge in [-0.3, -0.25) is 4.99 Å². The number of aliphatic imine (C=N–C) groups is 1. The number of hydrogen-bond donors (Lipinski definition) is 2. The summed E-state index contributed by atoms with van der Waals surface area (Å²) in [4.78, 5) is 26.3. The Morgan fingerprint density at radius 3 is 2.17 bits per heavy atom. The van der Waals surface area contributed by atoms with Gasteiger partial charge in [0.1, 0.15) is 6.04 Å². The van der Waals surface area contributed by atoms with Gasteiger partial charge in [-0.05, 0) is 6.42 Å². The standard InChI is InChI=1S/C17H30N2O4/c1-2-3-4-5-6-7-8-9-10-11-12-23-17(22)15-18-13-14(19-15)16(20)21/h14H,2-13H2,1H3,(H,18,19)(H,20,21). The van der Waals surface area contributed by atoms with Crippen molar-refractivity contribution in [1.82, 2.24) is 5.32 Å². The highest BCUT2D eigenvalue weighted by molar-refractivity contribution is 6.36. The molecule has 0 bridgehead atoms. The second-order valence-electron chi connectivity index (χ2n) is 6.04. The molecule has 6 nitrogen and oxygen atoms in total. The summed E-state index contributed by atoms with van der Waals surface area (Å²) < 4.78 is 5.10. The first-order valence-electron chi connectivity index (χ1n) is 8.86. The molecular weight excluding hydrogens is 296 g/mol. The molecule has 6 heteroatoms. The minimum Gasteiger partial charge on any atom is -0.480 e. The summed E-state index contributed by atoms with van der Waals surface area (Å²) in [5, 5.41) is 11.4. The second kappa shape index (κ2) is 11.9. The zero-order chi connectivity index (χ0) is 16.9. The van der Waals surface area contributed by atoms with Gasteiger partial charge >= 0.3 is 11.9 Å². The molecule has 1 unspecified atom stereocenters. The Morgan fingerprint density at radius 2 is 1.65 bits per heavy atom. The van der Waals surface area contributed by atoms with Crippen molar-refractivity contribution in [2.75, 3.05) is 13.2 Å². The molecule has 0 aromatic heterocycles. The largest absolute Gasteiger partial charge is 0.480 e. The van der Waals surface area contributed by atoms with Crippen LogP contribution in [0.1, 0.15) is 71.1 Å². The maximum atomic E-state index is 11.7. The molecule has 132 valence electrons. The molecule has 1 atom stereocenters. The van der Waals surface area contributed by atoms with Gasteiger partial charge in [0.05, 0.1) is 13.2 Å². The molecule has 23 heavy (non-hydrogen) atoms. The van der Waals surface area contributed by atoms with Gasteiger partial charge < -0.3 is 15.2 Å². The maximum Gasteiger partial charge on any atom is 0.373 e. The third-order valence-electron chi connectivity index (χ3n) is 3.97. The van der Waals surface area contributed by atoms with Crippen LogP contribution in [0.3, 0.4) is 0 Å². The van der Waals surface area contributed by atoms with E-state index in [2.05, 4.69) is 17.2 Å². The summed E-state index contributed by atoms with van der Waals surface area (Å²) in [6.45, 7) is 2.68. The van der Waals surface area contributed by atoms with Crippen LogP contribution < -0.4 is 5.32 Å². The topological polar surface area (TPSA) is 88.0 Å². The number of aliphatic carboxylic acids is 1. The monoisotopic (exact) mass is 326 g/mol. The predicted octanol–water partition coefficient (Wildman–Crippen LogP) is 2.91. The van der Waals surface area contributed by atoms with Gasteiger partial charge in [0, 0.05) is 0 Å². The third kappa shape index (κ3) is 8.57. The van der Waals surface area contributed by atoms with Gasteiger partial charge in [-0.25, -0.2) is 9.59 Å². The highest BCUT2D eigenvalue weighted by Crippen LogP contribution is 2.10. The van der Waals surface area contributed by atoms with Crippen molar-refractivity contribution in [3.05, 3.63) is 0 Å². The number of nitrogens with one attached hydrogen (secondary N) is 1. The average molecular weight is 326 g/mol. The molecule has 1 rings (SSSR count). The van der Waals surface area contributed by atoms with E-state index in [1.54, 1.807) is 0 Å². The zero-order valence-corrected chi connectivity index (χ0v) is 14.2. The number of nitrogens with zero attached hydrogens (tertiary/aromatic N) is 1. The number of carbonyl (C=O) groups excluding carboxylic acids is 1. The van der Waals surface area contributed by atoms with Crippen LogP contribution in [0.4, 0.5) is 0 Å². The lowest BCUT2D eigenvalue weighted by Crippen LogP contribution is -2.40. The Morgan fingerprint density at radius 1 is 1.09 bits per heavy atom. The summed E-state index contributed by atoms with van der Waals surface area (Å²) in [5.41, 5.74) is 0. The first-order valence-corrected chi connectivity index (χ1v) is 8.86. The molecule has 0 saturated heterocycles. The van der Waals surface area contributed by atoms with Crippen molar-refractivity contribution in [2.24, 2.45) is 4.99 Å². The molecule has 0 fully saturated rings. The number of unbranched alkanes of at least 4 members (excludes halogenated alkanes) is 9. The minimum atomic E-state index is -1.01. The van der Waals surface area contributed by atoms with Crippen LogP contribution in [-0.4, -0.2) is 42.1 Å². The Hall–Kier alpha value is -1.59. The predicted molar refractivity (Wildman–Crippen MR) is 89.7 cm³/mol. The molecule has 1 aliphatic rings. The third-order valence-corrected chi connectivity index (χ3v) is 3.97. The zero-order valence-electron chi connectivity index (χ0n) is 14.2. The number of rotatable bonds is 13. The number of hydrogen-bond acceptors (Lipinski definition) is 5.